The van der Waals surface area contributed by atoms with E-state index in [4.69, 9.17) is 39.5 Å². The maximum absolute atomic E-state index is 6.25. The maximum Gasteiger partial charge on any atom is 0.0518 e. The maximum atomic E-state index is 6.25. The predicted molar refractivity (Wildman–Crippen MR) is 80.3 cm³/mol. The van der Waals surface area contributed by atoms with E-state index in [-0.39, 0.29) is 11.5 Å². The summed E-state index contributed by atoms with van der Waals surface area (Å²) in [6.45, 7) is 4.65. The van der Waals surface area contributed by atoms with E-state index in [9.17, 15) is 0 Å². The minimum absolute atomic E-state index is 0.208. The van der Waals surface area contributed by atoms with Crippen LogP contribution in [0.5, 0.6) is 0 Å². The minimum Gasteiger partial charge on any atom is -0.379 e. The lowest BCUT2D eigenvalue weighted by Gasteiger charge is -2.31. The van der Waals surface area contributed by atoms with Crippen molar-refractivity contribution >= 4 is 34.8 Å². The van der Waals surface area contributed by atoms with Gasteiger partial charge in [0, 0.05) is 28.8 Å². The molecule has 0 aliphatic rings. The van der Waals surface area contributed by atoms with Crippen molar-refractivity contribution in [1.82, 2.24) is 0 Å². The van der Waals surface area contributed by atoms with E-state index in [1.165, 1.54) is 0 Å². The lowest BCUT2D eigenvalue weighted by Crippen LogP contribution is -2.33. The Morgan fingerprint density at radius 3 is 2.28 bits per heavy atom. The monoisotopic (exact) mass is 308 g/mol. The molecule has 0 bridgehead atoms. The molecule has 0 spiro atoms. The highest BCUT2D eigenvalue weighted by atomic mass is 35.5. The van der Waals surface area contributed by atoms with Gasteiger partial charge in [-0.1, -0.05) is 29.8 Å². The number of hydrogen-bond acceptors (Lipinski definition) is 1. The van der Waals surface area contributed by atoms with Crippen molar-refractivity contribution in [3.63, 3.8) is 0 Å². The molecule has 1 aromatic rings. The van der Waals surface area contributed by atoms with Crippen LogP contribution in [0.1, 0.15) is 25.8 Å². The molecule has 18 heavy (non-hydrogen) atoms. The predicted octanol–water partition coefficient (Wildman–Crippen LogP) is 4.87. The highest BCUT2D eigenvalue weighted by Crippen LogP contribution is 2.35. The van der Waals surface area contributed by atoms with Crippen molar-refractivity contribution in [3.05, 3.63) is 34.9 Å². The van der Waals surface area contributed by atoms with Crippen LogP contribution < -0.4 is 0 Å². The van der Waals surface area contributed by atoms with Gasteiger partial charge in [-0.3, -0.25) is 0 Å². The number of benzene rings is 1. The van der Waals surface area contributed by atoms with Crippen LogP contribution in [0.3, 0.4) is 0 Å². The molecule has 0 saturated carbocycles. The van der Waals surface area contributed by atoms with Crippen LogP contribution >= 0.6 is 34.8 Å². The zero-order valence-corrected chi connectivity index (χ0v) is 13.0. The van der Waals surface area contributed by atoms with Crippen molar-refractivity contribution in [2.24, 2.45) is 0 Å². The summed E-state index contributed by atoms with van der Waals surface area (Å²) in [5.74, 6) is 0.864. The number of alkyl halides is 2. The Kier molecular flexibility index (Phi) is 6.79. The molecule has 0 fully saturated rings. The second kappa shape index (κ2) is 7.59. The van der Waals surface area contributed by atoms with E-state index in [0.717, 1.165) is 12.0 Å². The first-order valence-electron chi connectivity index (χ1n) is 6.04. The van der Waals surface area contributed by atoms with Gasteiger partial charge in [0.15, 0.2) is 0 Å². The third-order valence-corrected chi connectivity index (χ3v) is 4.34. The lowest BCUT2D eigenvalue weighted by molar-refractivity contribution is 0.0678. The summed E-state index contributed by atoms with van der Waals surface area (Å²) in [4.78, 5) is 0. The Bertz CT molecular complexity index is 362. The number of ether oxygens (including phenoxy) is 1. The van der Waals surface area contributed by atoms with Gasteiger partial charge in [-0.15, -0.1) is 23.2 Å². The zero-order chi connectivity index (χ0) is 13.6. The van der Waals surface area contributed by atoms with Crippen LogP contribution in [0, 0.1) is 0 Å². The van der Waals surface area contributed by atoms with Gasteiger partial charge < -0.3 is 4.74 Å². The van der Waals surface area contributed by atoms with Gasteiger partial charge in [0.05, 0.1) is 6.10 Å². The third-order valence-electron chi connectivity index (χ3n) is 2.99. The Morgan fingerprint density at radius 1 is 1.17 bits per heavy atom. The molecule has 1 nitrogen and oxygen atoms in total. The highest BCUT2D eigenvalue weighted by Gasteiger charge is 2.32. The first-order chi connectivity index (χ1) is 8.55. The number of hydrogen-bond donors (Lipinski definition) is 0. The molecule has 0 saturated heterocycles. The molecule has 0 aliphatic heterocycles. The smallest absolute Gasteiger partial charge is 0.0518 e. The molecule has 0 aliphatic carbocycles. The molecule has 1 rings (SSSR count). The number of halogens is 3. The summed E-state index contributed by atoms with van der Waals surface area (Å²) in [5.41, 5.74) is 0.681. The molecule has 102 valence electrons. The van der Waals surface area contributed by atoms with E-state index in [1.54, 1.807) is 0 Å². The summed E-state index contributed by atoms with van der Waals surface area (Å²) in [7, 11) is 0. The average molecular weight is 310 g/mol. The molecule has 0 amide bonds. The van der Waals surface area contributed by atoms with Crippen LogP contribution in [0.4, 0.5) is 0 Å². The molecule has 0 aromatic heterocycles. The van der Waals surface area contributed by atoms with Gasteiger partial charge in [0.1, 0.15) is 0 Å². The summed E-state index contributed by atoms with van der Waals surface area (Å²) in [6, 6.07) is 7.72. The molecular weight excluding hydrogens is 291 g/mol. The summed E-state index contributed by atoms with van der Waals surface area (Å²) < 4.78 is 5.60. The van der Waals surface area contributed by atoms with Crippen LogP contribution in [-0.4, -0.2) is 24.5 Å². The van der Waals surface area contributed by atoms with Gasteiger partial charge in [-0.25, -0.2) is 0 Å². The Labute approximate surface area is 124 Å². The van der Waals surface area contributed by atoms with Gasteiger partial charge in [0.2, 0.25) is 0 Å². The third kappa shape index (κ3) is 4.03. The summed E-state index contributed by atoms with van der Waals surface area (Å²) >= 11 is 18.5. The molecule has 0 atom stereocenters. The summed E-state index contributed by atoms with van der Waals surface area (Å²) in [6.07, 6.45) is 0.974. The van der Waals surface area contributed by atoms with Crippen molar-refractivity contribution < 1.29 is 4.74 Å². The van der Waals surface area contributed by atoms with E-state index in [1.807, 2.05) is 38.1 Å². The first kappa shape index (κ1) is 16.1. The van der Waals surface area contributed by atoms with Gasteiger partial charge in [-0.2, -0.15) is 0 Å². The number of rotatable bonds is 7. The average Bonchev–Trinajstić information content (AvgIpc) is 2.36. The Morgan fingerprint density at radius 2 is 1.78 bits per heavy atom. The molecule has 1 aromatic carbocycles. The first-order valence-corrected chi connectivity index (χ1v) is 7.49. The second-order valence-electron chi connectivity index (χ2n) is 4.70. The molecule has 0 N–H and O–H groups in total. The van der Waals surface area contributed by atoms with Crippen molar-refractivity contribution in [2.45, 2.75) is 31.8 Å². The molecule has 4 heteroatoms. The van der Waals surface area contributed by atoms with Gasteiger partial charge in [0.25, 0.3) is 0 Å². The molecule has 0 unspecified atom stereocenters. The van der Waals surface area contributed by atoms with Crippen molar-refractivity contribution in [3.8, 4) is 0 Å². The topological polar surface area (TPSA) is 9.23 Å². The van der Waals surface area contributed by atoms with Gasteiger partial charge >= 0.3 is 0 Å². The fourth-order valence-corrected chi connectivity index (χ4v) is 3.01. The Hall–Kier alpha value is 0.0500. The van der Waals surface area contributed by atoms with Crippen molar-refractivity contribution in [2.75, 3.05) is 18.4 Å². The van der Waals surface area contributed by atoms with Gasteiger partial charge in [-0.05, 0) is 31.9 Å². The Balaban J connectivity index is 2.89. The van der Waals surface area contributed by atoms with E-state index in [2.05, 4.69) is 0 Å². The van der Waals surface area contributed by atoms with Crippen LogP contribution in [-0.2, 0) is 10.2 Å². The SMILES string of the molecule is CC(C)OCCC(CCl)(CCl)c1ccccc1Cl. The molecule has 0 heterocycles. The highest BCUT2D eigenvalue weighted by molar-refractivity contribution is 6.32. The van der Waals surface area contributed by atoms with Crippen LogP contribution in [0.2, 0.25) is 5.02 Å². The lowest BCUT2D eigenvalue weighted by atomic mass is 9.81. The molecule has 0 radical (unpaired) electrons. The zero-order valence-electron chi connectivity index (χ0n) is 10.8. The fraction of sp³-hybridized carbons (Fsp3) is 0.571. The van der Waals surface area contributed by atoms with Crippen molar-refractivity contribution in [1.29, 1.82) is 0 Å². The standard InChI is InChI=1S/C14H19Cl3O/c1-11(2)18-8-7-14(9-15,10-16)12-5-3-4-6-13(12)17/h3-6,11H,7-10H2,1-2H3. The van der Waals surface area contributed by atoms with E-state index >= 15 is 0 Å². The van der Waals surface area contributed by atoms with E-state index < -0.39 is 0 Å². The van der Waals surface area contributed by atoms with Crippen LogP contribution in [0.15, 0.2) is 24.3 Å². The van der Waals surface area contributed by atoms with Crippen LogP contribution in [0.25, 0.3) is 0 Å². The second-order valence-corrected chi connectivity index (χ2v) is 5.64. The molecular formula is C14H19Cl3O. The minimum atomic E-state index is -0.323. The quantitative estimate of drug-likeness (QED) is 0.653. The normalized spacial score (nSPS) is 12.1. The fourth-order valence-electron chi connectivity index (χ4n) is 1.83. The van der Waals surface area contributed by atoms with E-state index in [0.29, 0.717) is 23.4 Å². The largest absolute Gasteiger partial charge is 0.379 e. The summed E-state index contributed by atoms with van der Waals surface area (Å²) in [5, 5.41) is 0.711.